The highest BCUT2D eigenvalue weighted by Crippen LogP contribution is 2.33. The van der Waals surface area contributed by atoms with Gasteiger partial charge in [-0.15, -0.1) is 10.2 Å². The minimum Gasteiger partial charge on any atom is -0.300 e. The lowest BCUT2D eigenvalue weighted by Crippen LogP contribution is -2.40. The van der Waals surface area contributed by atoms with Crippen molar-refractivity contribution in [3.8, 4) is 10.6 Å². The third kappa shape index (κ3) is 3.23. The Bertz CT molecular complexity index is 588. The summed E-state index contributed by atoms with van der Waals surface area (Å²) in [6.45, 7) is 7.00. The van der Waals surface area contributed by atoms with Crippen LogP contribution in [0.5, 0.6) is 0 Å². The van der Waals surface area contributed by atoms with E-state index >= 15 is 0 Å². The van der Waals surface area contributed by atoms with E-state index < -0.39 is 0 Å². The molecule has 0 radical (unpaired) electrons. The van der Waals surface area contributed by atoms with Crippen LogP contribution < -0.4 is 0 Å². The second-order valence-electron chi connectivity index (χ2n) is 6.12. The molecule has 0 spiro atoms. The molecule has 0 fully saturated rings. The molecule has 22 heavy (non-hydrogen) atoms. The quantitative estimate of drug-likeness (QED) is 0.800. The fraction of sp³-hybridized carbons (Fsp3) is 0.556. The Balaban J connectivity index is 1.88. The fourth-order valence-electron chi connectivity index (χ4n) is 3.62. The topological polar surface area (TPSA) is 29.0 Å². The third-order valence-electron chi connectivity index (χ3n) is 4.59. The van der Waals surface area contributed by atoms with Gasteiger partial charge >= 0.3 is 0 Å². The molecule has 1 heterocycles. The maximum absolute atomic E-state index is 4.29. The normalized spacial score (nSPS) is 17.7. The van der Waals surface area contributed by atoms with Gasteiger partial charge in [-0.3, -0.25) is 0 Å². The maximum Gasteiger partial charge on any atom is 0.147 e. The van der Waals surface area contributed by atoms with Crippen LogP contribution in [0.15, 0.2) is 23.7 Å². The molecule has 1 aromatic carbocycles. The molecule has 3 nitrogen and oxygen atoms in total. The van der Waals surface area contributed by atoms with E-state index in [0.717, 1.165) is 11.4 Å². The highest BCUT2D eigenvalue weighted by atomic mass is 32.1. The van der Waals surface area contributed by atoms with E-state index in [-0.39, 0.29) is 0 Å². The van der Waals surface area contributed by atoms with Crippen molar-refractivity contribution in [3.05, 3.63) is 34.8 Å². The summed E-state index contributed by atoms with van der Waals surface area (Å²) < 4.78 is 0. The summed E-state index contributed by atoms with van der Waals surface area (Å²) in [4.78, 5) is 2.69. The Morgan fingerprint density at radius 1 is 1.23 bits per heavy atom. The van der Waals surface area contributed by atoms with Crippen molar-refractivity contribution in [1.82, 2.24) is 15.1 Å². The van der Waals surface area contributed by atoms with Gasteiger partial charge in [0.15, 0.2) is 0 Å². The molecule has 1 atom stereocenters. The molecular weight excluding hydrogens is 290 g/mol. The van der Waals surface area contributed by atoms with Gasteiger partial charge in [0.2, 0.25) is 0 Å². The van der Waals surface area contributed by atoms with Crippen LogP contribution >= 0.6 is 11.3 Å². The van der Waals surface area contributed by atoms with Crippen LogP contribution in [0.4, 0.5) is 0 Å². The van der Waals surface area contributed by atoms with E-state index in [4.69, 9.17) is 0 Å². The molecule has 2 aromatic rings. The summed E-state index contributed by atoms with van der Waals surface area (Å²) in [6, 6.07) is 7.36. The minimum atomic E-state index is 0.682. The Kier molecular flexibility index (Phi) is 5.21. The van der Waals surface area contributed by atoms with Crippen LogP contribution in [-0.4, -0.2) is 34.2 Å². The first-order valence-electron chi connectivity index (χ1n) is 8.44. The van der Waals surface area contributed by atoms with E-state index in [1.807, 2.05) is 5.51 Å². The third-order valence-corrected chi connectivity index (χ3v) is 5.31. The average Bonchev–Trinajstić information content (AvgIpc) is 3.08. The molecule has 0 aliphatic heterocycles. The minimum absolute atomic E-state index is 0.682. The van der Waals surface area contributed by atoms with Crippen molar-refractivity contribution in [3.63, 3.8) is 0 Å². The first-order chi connectivity index (χ1) is 10.8. The van der Waals surface area contributed by atoms with Crippen molar-refractivity contribution in [1.29, 1.82) is 0 Å². The molecule has 1 aliphatic rings. The Hall–Kier alpha value is -1.26. The first kappa shape index (κ1) is 15.6. The smallest absolute Gasteiger partial charge is 0.147 e. The van der Waals surface area contributed by atoms with E-state index in [1.54, 1.807) is 11.3 Å². The number of fused-ring (bicyclic) bond motifs is 1. The Labute approximate surface area is 137 Å². The van der Waals surface area contributed by atoms with Gasteiger partial charge < -0.3 is 4.90 Å². The molecule has 0 amide bonds. The van der Waals surface area contributed by atoms with Crippen molar-refractivity contribution in [2.75, 3.05) is 13.1 Å². The number of hydrogen-bond acceptors (Lipinski definition) is 4. The van der Waals surface area contributed by atoms with Crippen molar-refractivity contribution in [2.24, 2.45) is 0 Å². The SMILES string of the molecule is CCCN(CCC)C1CCc2cccc(-c3nncs3)c2C1. The maximum atomic E-state index is 4.29. The van der Waals surface area contributed by atoms with E-state index in [9.17, 15) is 0 Å². The first-order valence-corrected chi connectivity index (χ1v) is 9.32. The average molecular weight is 315 g/mol. The molecule has 1 aliphatic carbocycles. The molecule has 1 unspecified atom stereocenters. The Morgan fingerprint density at radius 2 is 2.05 bits per heavy atom. The molecule has 0 bridgehead atoms. The highest BCUT2D eigenvalue weighted by Gasteiger charge is 2.25. The lowest BCUT2D eigenvalue weighted by molar-refractivity contribution is 0.180. The van der Waals surface area contributed by atoms with Gasteiger partial charge in [-0.2, -0.15) is 0 Å². The highest BCUT2D eigenvalue weighted by molar-refractivity contribution is 7.12. The summed E-state index contributed by atoms with van der Waals surface area (Å²) in [6.07, 6.45) is 6.11. The number of aryl methyl sites for hydroxylation is 1. The second kappa shape index (κ2) is 7.34. The lowest BCUT2D eigenvalue weighted by atomic mass is 9.84. The summed E-state index contributed by atoms with van der Waals surface area (Å²) in [5.74, 6) is 0. The molecule has 0 saturated heterocycles. The van der Waals surface area contributed by atoms with Crippen molar-refractivity contribution < 1.29 is 0 Å². The van der Waals surface area contributed by atoms with Gasteiger partial charge in [-0.25, -0.2) is 0 Å². The van der Waals surface area contributed by atoms with E-state index in [2.05, 4.69) is 47.1 Å². The molecule has 3 rings (SSSR count). The molecule has 0 N–H and O–H groups in total. The molecular formula is C18H25N3S. The predicted molar refractivity (Wildman–Crippen MR) is 93.3 cm³/mol. The van der Waals surface area contributed by atoms with Gasteiger partial charge in [0, 0.05) is 11.6 Å². The Morgan fingerprint density at radius 3 is 2.73 bits per heavy atom. The summed E-state index contributed by atoms with van der Waals surface area (Å²) >= 11 is 1.64. The largest absolute Gasteiger partial charge is 0.300 e. The van der Waals surface area contributed by atoms with Gasteiger partial charge in [-0.1, -0.05) is 43.4 Å². The molecule has 4 heteroatoms. The van der Waals surface area contributed by atoms with Crippen molar-refractivity contribution >= 4 is 11.3 Å². The van der Waals surface area contributed by atoms with E-state index in [1.165, 1.54) is 55.5 Å². The van der Waals surface area contributed by atoms with Crippen LogP contribution in [0.2, 0.25) is 0 Å². The number of rotatable bonds is 6. The van der Waals surface area contributed by atoms with Crippen LogP contribution in [-0.2, 0) is 12.8 Å². The van der Waals surface area contributed by atoms with Crippen LogP contribution in [0.25, 0.3) is 10.6 Å². The van der Waals surface area contributed by atoms with Crippen LogP contribution in [0.3, 0.4) is 0 Å². The summed E-state index contributed by atoms with van der Waals surface area (Å²) in [5, 5.41) is 9.38. The summed E-state index contributed by atoms with van der Waals surface area (Å²) in [7, 11) is 0. The zero-order valence-corrected chi connectivity index (χ0v) is 14.4. The molecule has 0 saturated carbocycles. The fourth-order valence-corrected chi connectivity index (χ4v) is 4.23. The lowest BCUT2D eigenvalue weighted by Gasteiger charge is -2.35. The van der Waals surface area contributed by atoms with E-state index in [0.29, 0.717) is 6.04 Å². The molecule has 1 aromatic heterocycles. The predicted octanol–water partition coefficient (Wildman–Crippen LogP) is 4.18. The van der Waals surface area contributed by atoms with Gasteiger partial charge in [0.1, 0.15) is 10.5 Å². The zero-order valence-electron chi connectivity index (χ0n) is 13.6. The number of nitrogens with zero attached hydrogens (tertiary/aromatic N) is 3. The number of aromatic nitrogens is 2. The van der Waals surface area contributed by atoms with Crippen molar-refractivity contribution in [2.45, 2.75) is 52.0 Å². The van der Waals surface area contributed by atoms with Gasteiger partial charge in [0.25, 0.3) is 0 Å². The standard InChI is InChI=1S/C18H25N3S/c1-3-10-21(11-4-2)15-9-8-14-6-5-7-16(17(14)12-15)18-20-19-13-22-18/h5-7,13,15H,3-4,8-12H2,1-2H3. The second-order valence-corrected chi connectivity index (χ2v) is 6.95. The van der Waals surface area contributed by atoms with Crippen LogP contribution in [0, 0.1) is 0 Å². The number of benzene rings is 1. The number of hydrogen-bond donors (Lipinski definition) is 0. The summed E-state index contributed by atoms with van der Waals surface area (Å²) in [5.41, 5.74) is 6.15. The van der Waals surface area contributed by atoms with Gasteiger partial charge in [0.05, 0.1) is 0 Å². The van der Waals surface area contributed by atoms with Gasteiger partial charge in [-0.05, 0) is 56.3 Å². The molecule has 118 valence electrons. The van der Waals surface area contributed by atoms with Crippen LogP contribution in [0.1, 0.15) is 44.2 Å². The monoisotopic (exact) mass is 315 g/mol. The zero-order chi connectivity index (χ0) is 15.4.